The van der Waals surface area contributed by atoms with E-state index in [1.165, 1.54) is 0 Å². The van der Waals surface area contributed by atoms with Crippen molar-refractivity contribution in [3.8, 4) is 5.75 Å². The zero-order valence-electron chi connectivity index (χ0n) is 13.2. The monoisotopic (exact) mass is 291 g/mol. The maximum atomic E-state index is 11.8. The van der Waals surface area contributed by atoms with Gasteiger partial charge in [0.05, 0.1) is 18.8 Å². The molecule has 1 N–H and O–H groups in total. The average molecular weight is 291 g/mol. The molecule has 0 aliphatic carbocycles. The van der Waals surface area contributed by atoms with Crippen molar-refractivity contribution in [2.45, 2.75) is 39.2 Å². The Morgan fingerprint density at radius 3 is 2.67 bits per heavy atom. The standard InChI is InChI=1S/C17H25NO3/c1-4-18(5-2)17(3,12-19)11-13-6-7-14-15(20)8-9-21-16(14)10-13/h6-7,10,19H,4-5,8-9,11-12H2,1-3H3. The van der Waals surface area contributed by atoms with Gasteiger partial charge < -0.3 is 9.84 Å². The predicted octanol–water partition coefficient (Wildman–Crippen LogP) is 2.29. The van der Waals surface area contributed by atoms with Gasteiger partial charge in [-0.1, -0.05) is 19.9 Å². The third-order valence-corrected chi connectivity index (χ3v) is 4.39. The number of likely N-dealkylation sites (N-methyl/N-ethyl adjacent to an activating group) is 1. The van der Waals surface area contributed by atoms with Crippen LogP contribution in [0.3, 0.4) is 0 Å². The van der Waals surface area contributed by atoms with Gasteiger partial charge >= 0.3 is 0 Å². The summed E-state index contributed by atoms with van der Waals surface area (Å²) in [5, 5.41) is 9.83. The van der Waals surface area contributed by atoms with E-state index in [2.05, 4.69) is 25.7 Å². The van der Waals surface area contributed by atoms with Crippen LogP contribution in [0, 0.1) is 0 Å². The van der Waals surface area contributed by atoms with E-state index in [4.69, 9.17) is 4.74 Å². The number of nitrogens with zero attached hydrogens (tertiary/aromatic N) is 1. The van der Waals surface area contributed by atoms with Crippen LogP contribution in [-0.2, 0) is 6.42 Å². The van der Waals surface area contributed by atoms with Gasteiger partial charge in [0.1, 0.15) is 5.75 Å². The zero-order valence-corrected chi connectivity index (χ0v) is 13.2. The fourth-order valence-electron chi connectivity index (χ4n) is 3.11. The van der Waals surface area contributed by atoms with E-state index in [1.54, 1.807) is 0 Å². The van der Waals surface area contributed by atoms with Crippen molar-refractivity contribution in [1.29, 1.82) is 0 Å². The molecule has 0 spiro atoms. The second-order valence-corrected chi connectivity index (χ2v) is 5.86. The van der Waals surface area contributed by atoms with Crippen molar-refractivity contribution in [2.75, 3.05) is 26.3 Å². The molecule has 1 atom stereocenters. The van der Waals surface area contributed by atoms with Crippen molar-refractivity contribution >= 4 is 5.78 Å². The highest BCUT2D eigenvalue weighted by atomic mass is 16.5. The number of fused-ring (bicyclic) bond motifs is 1. The lowest BCUT2D eigenvalue weighted by molar-refractivity contribution is 0.0511. The molecule has 0 saturated heterocycles. The molecule has 0 amide bonds. The van der Waals surface area contributed by atoms with Crippen LogP contribution in [0.1, 0.15) is 43.1 Å². The molecule has 4 nitrogen and oxygen atoms in total. The third-order valence-electron chi connectivity index (χ3n) is 4.39. The molecule has 0 aromatic heterocycles. The van der Waals surface area contributed by atoms with Gasteiger partial charge in [0.15, 0.2) is 5.78 Å². The Kier molecular flexibility index (Phi) is 5.01. The first-order valence-electron chi connectivity index (χ1n) is 7.69. The quantitative estimate of drug-likeness (QED) is 0.873. The maximum absolute atomic E-state index is 11.8. The van der Waals surface area contributed by atoms with E-state index in [0.29, 0.717) is 24.3 Å². The van der Waals surface area contributed by atoms with Gasteiger partial charge in [-0.3, -0.25) is 9.69 Å². The Hall–Kier alpha value is -1.39. The number of aliphatic hydroxyl groups is 1. The van der Waals surface area contributed by atoms with Crippen molar-refractivity contribution < 1.29 is 14.6 Å². The van der Waals surface area contributed by atoms with Crippen LogP contribution in [-0.4, -0.2) is 47.6 Å². The Labute approximate surface area is 126 Å². The summed E-state index contributed by atoms with van der Waals surface area (Å²) in [5.74, 6) is 0.833. The molecular weight excluding hydrogens is 266 g/mol. The minimum absolute atomic E-state index is 0.103. The molecule has 0 bridgehead atoms. The van der Waals surface area contributed by atoms with Crippen LogP contribution >= 0.6 is 0 Å². The summed E-state index contributed by atoms with van der Waals surface area (Å²) in [6, 6.07) is 5.78. The summed E-state index contributed by atoms with van der Waals surface area (Å²) >= 11 is 0. The molecule has 21 heavy (non-hydrogen) atoms. The minimum Gasteiger partial charge on any atom is -0.492 e. The first kappa shape index (κ1) is 16.0. The van der Waals surface area contributed by atoms with Gasteiger partial charge in [-0.25, -0.2) is 0 Å². The van der Waals surface area contributed by atoms with Gasteiger partial charge in [0, 0.05) is 12.0 Å². The smallest absolute Gasteiger partial charge is 0.169 e. The number of ketones is 1. The average Bonchev–Trinajstić information content (AvgIpc) is 2.48. The number of hydrogen-bond donors (Lipinski definition) is 1. The normalized spacial score (nSPS) is 17.3. The van der Waals surface area contributed by atoms with E-state index < -0.39 is 0 Å². The largest absolute Gasteiger partial charge is 0.492 e. The van der Waals surface area contributed by atoms with Gasteiger partial charge in [-0.05, 0) is 44.1 Å². The van der Waals surface area contributed by atoms with Crippen LogP contribution in [0.5, 0.6) is 5.75 Å². The summed E-state index contributed by atoms with van der Waals surface area (Å²) < 4.78 is 5.60. The molecule has 1 unspecified atom stereocenters. The second-order valence-electron chi connectivity index (χ2n) is 5.86. The third kappa shape index (κ3) is 3.27. The Bertz CT molecular complexity index is 511. The molecule has 0 fully saturated rings. The molecule has 0 saturated carbocycles. The topological polar surface area (TPSA) is 49.8 Å². The van der Waals surface area contributed by atoms with Crippen LogP contribution in [0.25, 0.3) is 0 Å². The molecular formula is C17H25NO3. The lowest BCUT2D eigenvalue weighted by atomic mass is 9.90. The lowest BCUT2D eigenvalue weighted by Crippen LogP contribution is -2.50. The Morgan fingerprint density at radius 2 is 2.05 bits per heavy atom. The van der Waals surface area contributed by atoms with Crippen LogP contribution in [0.15, 0.2) is 18.2 Å². The van der Waals surface area contributed by atoms with E-state index in [0.717, 1.165) is 25.1 Å². The van der Waals surface area contributed by atoms with Crippen LogP contribution < -0.4 is 4.74 Å². The van der Waals surface area contributed by atoms with Crippen molar-refractivity contribution in [3.05, 3.63) is 29.3 Å². The second kappa shape index (κ2) is 6.58. The fourth-order valence-corrected chi connectivity index (χ4v) is 3.11. The van der Waals surface area contributed by atoms with Crippen molar-refractivity contribution in [2.24, 2.45) is 0 Å². The summed E-state index contributed by atoms with van der Waals surface area (Å²) in [6.07, 6.45) is 1.19. The molecule has 0 radical (unpaired) electrons. The van der Waals surface area contributed by atoms with Gasteiger partial charge in [0.25, 0.3) is 0 Å². The van der Waals surface area contributed by atoms with E-state index in [-0.39, 0.29) is 17.9 Å². The number of hydrogen-bond acceptors (Lipinski definition) is 4. The van der Waals surface area contributed by atoms with Crippen molar-refractivity contribution in [3.63, 3.8) is 0 Å². The molecule has 1 aromatic rings. The minimum atomic E-state index is -0.295. The summed E-state index contributed by atoms with van der Waals surface area (Å²) in [5.41, 5.74) is 1.47. The lowest BCUT2D eigenvalue weighted by Gasteiger charge is -2.39. The molecule has 2 rings (SSSR count). The summed E-state index contributed by atoms with van der Waals surface area (Å²) in [4.78, 5) is 14.1. The van der Waals surface area contributed by atoms with E-state index in [1.807, 2.05) is 18.2 Å². The maximum Gasteiger partial charge on any atom is 0.169 e. The number of carbonyl (C=O) groups is 1. The van der Waals surface area contributed by atoms with E-state index >= 15 is 0 Å². The number of ether oxygens (including phenoxy) is 1. The molecule has 1 aromatic carbocycles. The van der Waals surface area contributed by atoms with Gasteiger partial charge in [-0.15, -0.1) is 0 Å². The molecule has 1 heterocycles. The number of carbonyl (C=O) groups excluding carboxylic acids is 1. The first-order chi connectivity index (χ1) is 10.0. The molecule has 4 heteroatoms. The Balaban J connectivity index is 2.24. The van der Waals surface area contributed by atoms with Crippen LogP contribution in [0.4, 0.5) is 0 Å². The van der Waals surface area contributed by atoms with Gasteiger partial charge in [-0.2, -0.15) is 0 Å². The van der Waals surface area contributed by atoms with Crippen LogP contribution in [0.2, 0.25) is 0 Å². The zero-order chi connectivity index (χ0) is 15.5. The molecule has 1 aliphatic heterocycles. The number of rotatable bonds is 6. The number of aliphatic hydroxyl groups excluding tert-OH is 1. The first-order valence-corrected chi connectivity index (χ1v) is 7.69. The van der Waals surface area contributed by atoms with Crippen molar-refractivity contribution in [1.82, 2.24) is 4.90 Å². The fraction of sp³-hybridized carbons (Fsp3) is 0.588. The van der Waals surface area contributed by atoms with Gasteiger partial charge in [0.2, 0.25) is 0 Å². The highest BCUT2D eigenvalue weighted by molar-refractivity contribution is 5.99. The highest BCUT2D eigenvalue weighted by Gasteiger charge is 2.30. The highest BCUT2D eigenvalue weighted by Crippen LogP contribution is 2.28. The SMILES string of the molecule is CCN(CC)C(C)(CO)Cc1ccc2c(c1)OCCC2=O. The Morgan fingerprint density at radius 1 is 1.33 bits per heavy atom. The van der Waals surface area contributed by atoms with E-state index in [9.17, 15) is 9.90 Å². The number of Topliss-reactive ketones (excluding diaryl/α,β-unsaturated/α-hetero) is 1. The summed E-state index contributed by atoms with van der Waals surface area (Å²) in [7, 11) is 0. The molecule has 1 aliphatic rings. The number of benzene rings is 1. The predicted molar refractivity (Wildman–Crippen MR) is 83.0 cm³/mol. The molecule has 116 valence electrons. The summed E-state index contributed by atoms with van der Waals surface area (Å²) in [6.45, 7) is 8.64.